The molecule has 13 nitrogen and oxygen atoms in total. The molecule has 6 aromatic rings. The van der Waals surface area contributed by atoms with Gasteiger partial charge in [0.2, 0.25) is 11.8 Å². The number of fused-ring (bicyclic) bond motifs is 3. The molecular weight excluding hydrogens is 899 g/mol. The minimum atomic E-state index is -0.551. The summed E-state index contributed by atoms with van der Waals surface area (Å²) in [6, 6.07) is 13.3. The summed E-state index contributed by atoms with van der Waals surface area (Å²) in [4.78, 5) is 33.3. The minimum absolute atomic E-state index is 0.182. The molecule has 0 saturated carbocycles. The summed E-state index contributed by atoms with van der Waals surface area (Å²) in [6.07, 6.45) is 1.21. The average Bonchev–Trinajstić information content (AvgIpc) is 3.77. The number of Topliss-reactive ketones (excluding diaryl/α,β-unsaturated/α-hetero) is 1. The zero-order valence-electron chi connectivity index (χ0n) is 27.1. The van der Waals surface area contributed by atoms with E-state index in [-0.39, 0.29) is 17.4 Å². The molecule has 0 radical (unpaired) electrons. The van der Waals surface area contributed by atoms with Crippen LogP contribution < -0.4 is 10.6 Å². The van der Waals surface area contributed by atoms with Crippen molar-refractivity contribution in [2.75, 3.05) is 26.3 Å². The second-order valence-electron chi connectivity index (χ2n) is 10.9. The maximum absolute atomic E-state index is 13.4. The van der Waals surface area contributed by atoms with Crippen LogP contribution in [-0.2, 0) is 22.7 Å². The molecule has 18 heteroatoms. The van der Waals surface area contributed by atoms with E-state index in [1.807, 2.05) is 0 Å². The highest BCUT2D eigenvalue weighted by atomic mass is 127. The lowest BCUT2D eigenvalue weighted by Crippen LogP contribution is -2.27. The topological polar surface area (TPSA) is 180 Å². The van der Waals surface area contributed by atoms with Crippen molar-refractivity contribution in [2.45, 2.75) is 32.9 Å². The first kappa shape index (κ1) is 39.6. The molecule has 0 atom stereocenters. The molecule has 0 aliphatic heterocycles. The number of H-pyrrole nitrogens is 1. The highest BCUT2D eigenvalue weighted by molar-refractivity contribution is 14.1. The van der Waals surface area contributed by atoms with Crippen molar-refractivity contribution in [2.24, 2.45) is 0 Å². The zero-order valence-corrected chi connectivity index (χ0v) is 31.4. The number of nitrogens with zero attached hydrogens (tertiary/aromatic N) is 5. The van der Waals surface area contributed by atoms with E-state index in [2.05, 4.69) is 76.2 Å². The number of rotatable bonds is 11. The number of nitrogens with one attached hydrogen (secondary N) is 3. The maximum atomic E-state index is 13.4. The number of aromatic nitrogens is 6. The van der Waals surface area contributed by atoms with Crippen LogP contribution in [0.25, 0.3) is 32.7 Å². The third-order valence-electron chi connectivity index (χ3n) is 7.21. The predicted molar refractivity (Wildman–Crippen MR) is 200 cm³/mol. The summed E-state index contributed by atoms with van der Waals surface area (Å²) in [7, 11) is 0. The van der Waals surface area contributed by atoms with E-state index in [9.17, 15) is 27.6 Å². The first-order chi connectivity index (χ1) is 24.4. The summed E-state index contributed by atoms with van der Waals surface area (Å²) < 4.78 is 44.2. The molecule has 2 amide bonds. The predicted octanol–water partition coefficient (Wildman–Crippen LogP) is 4.46. The molecule has 51 heavy (non-hydrogen) atoms. The molecule has 0 saturated heterocycles. The molecule has 0 fully saturated rings. The number of hydrogen-bond donors (Lipinski definition) is 5. The number of hydrogen-bond acceptors (Lipinski definition) is 8. The number of aliphatic hydroxyl groups excluding tert-OH is 2. The fourth-order valence-electron chi connectivity index (χ4n) is 4.83. The molecule has 6 rings (SSSR count). The van der Waals surface area contributed by atoms with Gasteiger partial charge in [-0.25, -0.2) is 13.2 Å². The summed E-state index contributed by atoms with van der Waals surface area (Å²) in [6.45, 7) is 2.18. The Labute approximate surface area is 316 Å². The van der Waals surface area contributed by atoms with Gasteiger partial charge in [0.15, 0.2) is 5.78 Å². The van der Waals surface area contributed by atoms with E-state index in [1.165, 1.54) is 43.3 Å². The van der Waals surface area contributed by atoms with Crippen LogP contribution in [0.15, 0.2) is 54.6 Å². The van der Waals surface area contributed by atoms with Crippen molar-refractivity contribution in [1.29, 1.82) is 0 Å². The van der Waals surface area contributed by atoms with Gasteiger partial charge in [0, 0.05) is 55.3 Å². The van der Waals surface area contributed by atoms with Crippen molar-refractivity contribution >= 4 is 95.5 Å². The lowest BCUT2D eigenvalue weighted by atomic mass is 10.1. The molecule has 0 aliphatic carbocycles. The summed E-state index contributed by atoms with van der Waals surface area (Å²) >= 11 is 4.24. The van der Waals surface area contributed by atoms with Gasteiger partial charge in [-0.1, -0.05) is 0 Å². The zero-order chi connectivity index (χ0) is 37.1. The first-order valence-electron chi connectivity index (χ1n) is 15.4. The van der Waals surface area contributed by atoms with Crippen LogP contribution in [0.2, 0.25) is 0 Å². The fraction of sp³-hybridized carbons (Fsp3) is 0.273. The van der Waals surface area contributed by atoms with E-state index >= 15 is 0 Å². The number of aliphatic hydroxyl groups is 2. The Bertz CT molecular complexity index is 2150. The monoisotopic (exact) mass is 932 g/mol. The Hall–Kier alpha value is -4.15. The number of aryl methyl sites for hydroxylation is 2. The number of carbonyl (C=O) groups excluding carboxylic acids is 3. The molecule has 3 heterocycles. The molecule has 0 bridgehead atoms. The van der Waals surface area contributed by atoms with Crippen molar-refractivity contribution in [3.63, 3.8) is 0 Å². The molecule has 0 spiro atoms. The maximum Gasteiger partial charge on any atom is 0.245 e. The summed E-state index contributed by atoms with van der Waals surface area (Å²) in [5, 5.41) is 39.9. The Morgan fingerprint density at radius 1 is 0.745 bits per heavy atom. The van der Waals surface area contributed by atoms with E-state index in [0.29, 0.717) is 61.1 Å². The Balaban J connectivity index is 0.000000179. The Kier molecular flexibility index (Phi) is 14.7. The van der Waals surface area contributed by atoms with Crippen LogP contribution in [0.3, 0.4) is 0 Å². The highest BCUT2D eigenvalue weighted by Gasteiger charge is 2.15. The van der Waals surface area contributed by atoms with Crippen molar-refractivity contribution in [3.8, 4) is 0 Å². The van der Waals surface area contributed by atoms with Crippen LogP contribution in [-0.4, -0.2) is 83.9 Å². The number of carbonyl (C=O) groups is 3. The number of aromatic amines is 1. The van der Waals surface area contributed by atoms with Gasteiger partial charge in [0.1, 0.15) is 43.8 Å². The van der Waals surface area contributed by atoms with Crippen LogP contribution >= 0.6 is 45.2 Å². The molecule has 3 aromatic carbocycles. The molecule has 3 aromatic heterocycles. The van der Waals surface area contributed by atoms with Gasteiger partial charge in [0.25, 0.3) is 0 Å². The number of halogens is 5. The fourth-order valence-corrected chi connectivity index (χ4v) is 6.13. The van der Waals surface area contributed by atoms with E-state index in [1.54, 1.807) is 27.6 Å². The lowest BCUT2D eigenvalue weighted by molar-refractivity contribution is -0.124. The second kappa shape index (κ2) is 18.9. The van der Waals surface area contributed by atoms with Gasteiger partial charge >= 0.3 is 0 Å². The van der Waals surface area contributed by atoms with Gasteiger partial charge in [-0.3, -0.25) is 28.8 Å². The van der Waals surface area contributed by atoms with Gasteiger partial charge in [-0.2, -0.15) is 15.3 Å². The van der Waals surface area contributed by atoms with Gasteiger partial charge < -0.3 is 20.8 Å². The Morgan fingerprint density at radius 3 is 1.78 bits per heavy atom. The lowest BCUT2D eigenvalue weighted by Gasteiger charge is -2.05. The molecule has 270 valence electrons. The van der Waals surface area contributed by atoms with E-state index in [0.717, 1.165) is 23.7 Å². The molecule has 0 aliphatic rings. The van der Waals surface area contributed by atoms with Crippen LogP contribution in [0.4, 0.5) is 13.2 Å². The third-order valence-corrected chi connectivity index (χ3v) is 8.83. The molecule has 0 unspecified atom stereocenters. The molecular formula is C33H33F3I2N8O5. The van der Waals surface area contributed by atoms with E-state index < -0.39 is 30.8 Å². The average molecular weight is 932 g/mol. The number of amides is 2. The van der Waals surface area contributed by atoms with Crippen molar-refractivity contribution in [1.82, 2.24) is 40.4 Å². The van der Waals surface area contributed by atoms with E-state index in [4.69, 9.17) is 10.2 Å². The van der Waals surface area contributed by atoms with Gasteiger partial charge in [0.05, 0.1) is 16.6 Å². The van der Waals surface area contributed by atoms with Gasteiger partial charge in [-0.15, -0.1) is 0 Å². The first-order valence-corrected chi connectivity index (χ1v) is 17.6. The van der Waals surface area contributed by atoms with Crippen molar-refractivity contribution < 1.29 is 37.8 Å². The summed E-state index contributed by atoms with van der Waals surface area (Å²) in [5.41, 5.74) is 2.28. The minimum Gasteiger partial charge on any atom is -0.387 e. The number of ketones is 1. The summed E-state index contributed by atoms with van der Waals surface area (Å²) in [5.74, 6) is -1.97. The quantitative estimate of drug-likeness (QED) is 0.0718. The van der Waals surface area contributed by atoms with Crippen LogP contribution in [0.1, 0.15) is 30.3 Å². The van der Waals surface area contributed by atoms with Crippen molar-refractivity contribution in [3.05, 3.63) is 85.1 Å². The van der Waals surface area contributed by atoms with Crippen LogP contribution in [0.5, 0.6) is 0 Å². The second-order valence-corrected chi connectivity index (χ2v) is 13.0. The number of benzene rings is 3. The Morgan fingerprint density at radius 2 is 1.24 bits per heavy atom. The standard InChI is InChI=1S/C14H16FN3O3.C12H13FIN3O2.C7H4FIN2/c1-9(20)14-11-4-3-10(15)7-12(11)18(17-14)6-2-5-16-13(21)8-19;13-8-2-3-9-10(6-8)17(16-12(9)14)5-1-4-15-11(19)7-18;8-4-1-2-5-6(3-4)10-11-7(5)9/h3-4,7,19H,2,5-6,8H2,1H3,(H,16,21);2-3,6,18H,1,4-5,7H2,(H,15,19);1-3H,(H,10,11). The largest absolute Gasteiger partial charge is 0.387 e. The third kappa shape index (κ3) is 10.9. The van der Waals surface area contributed by atoms with Gasteiger partial charge in [-0.05, 0) is 107 Å². The smallest absolute Gasteiger partial charge is 0.245 e. The normalized spacial score (nSPS) is 10.8. The van der Waals surface area contributed by atoms with Crippen LogP contribution in [0, 0.1) is 24.9 Å². The SMILES string of the molecule is CC(=O)c1nn(CCCNC(=O)CO)c2cc(F)ccc12.Fc1ccc2c(I)[nH]nc2c1.O=C(CO)NCCCn1nc(I)c2ccc(F)cc21. The molecule has 5 N–H and O–H groups in total. The highest BCUT2D eigenvalue weighted by Crippen LogP contribution is 2.22.